The zero-order valence-corrected chi connectivity index (χ0v) is 20.4. The van der Waals surface area contributed by atoms with Gasteiger partial charge >= 0.3 is 5.97 Å². The van der Waals surface area contributed by atoms with E-state index in [0.717, 1.165) is 48.6 Å². The van der Waals surface area contributed by atoms with Gasteiger partial charge in [0.05, 0.1) is 16.6 Å². The fourth-order valence-electron chi connectivity index (χ4n) is 5.03. The molecule has 4 aromatic rings. The third kappa shape index (κ3) is 3.99. The highest BCUT2D eigenvalue weighted by Gasteiger charge is 2.45. The van der Waals surface area contributed by atoms with Crippen LogP contribution < -0.4 is 4.90 Å². The smallest absolute Gasteiger partial charge is 0.337 e. The normalized spacial score (nSPS) is 15.6. The molecule has 0 radical (unpaired) electrons. The molecule has 1 saturated heterocycles. The number of aromatic nitrogens is 3. The SMILES string of the molecule is BC(B)(OC(=O)c1ccccc1)C(B)(B)C1CCN(c2ccn3c(n2)nc2ccccc23)CC1. The van der Waals surface area contributed by atoms with Crippen LogP contribution in [-0.2, 0) is 4.74 Å². The zero-order valence-electron chi connectivity index (χ0n) is 20.4. The standard InChI is InChI=1S/C24H28B4N4O2/c25-23(26,24(27,28)34-21(33)16-6-2-1-3-7-16)17-10-13-31(14-11-17)20-12-15-32-19-9-5-4-8-18(19)29-22(32)30-20/h1-9,12,15,17H,10-11,13-14,25-28H2. The Kier molecular flexibility index (Phi) is 5.70. The number of rotatable bonds is 5. The summed E-state index contributed by atoms with van der Waals surface area (Å²) in [6.07, 6.45) is 4.10. The Morgan fingerprint density at radius 1 is 0.912 bits per heavy atom. The first-order chi connectivity index (χ1) is 16.3. The van der Waals surface area contributed by atoms with Crippen LogP contribution in [0.15, 0.2) is 66.9 Å². The van der Waals surface area contributed by atoms with Crippen LogP contribution in [0.25, 0.3) is 16.8 Å². The molecule has 1 aliphatic heterocycles. The molecule has 0 atom stereocenters. The van der Waals surface area contributed by atoms with E-state index in [1.54, 1.807) is 12.1 Å². The topological polar surface area (TPSA) is 59.7 Å². The molecule has 0 bridgehead atoms. The molecule has 1 aliphatic rings. The van der Waals surface area contributed by atoms with E-state index >= 15 is 0 Å². The fourth-order valence-corrected chi connectivity index (χ4v) is 5.03. The predicted molar refractivity (Wildman–Crippen MR) is 147 cm³/mol. The summed E-state index contributed by atoms with van der Waals surface area (Å²) >= 11 is 0. The number of imidazole rings is 1. The second-order valence-electron chi connectivity index (χ2n) is 10.3. The van der Waals surface area contributed by atoms with Gasteiger partial charge in [0.25, 0.3) is 0 Å². The van der Waals surface area contributed by atoms with Crippen LogP contribution in [0.5, 0.6) is 0 Å². The summed E-state index contributed by atoms with van der Waals surface area (Å²) in [5, 5.41) is -0.776. The van der Waals surface area contributed by atoms with E-state index in [4.69, 9.17) is 9.72 Å². The number of para-hydroxylation sites is 2. The van der Waals surface area contributed by atoms with Crippen molar-refractivity contribution in [2.24, 2.45) is 5.92 Å². The second-order valence-corrected chi connectivity index (χ2v) is 10.3. The molecule has 3 heterocycles. The van der Waals surface area contributed by atoms with E-state index in [-0.39, 0.29) is 11.2 Å². The molecule has 10 heteroatoms. The molecule has 0 aliphatic carbocycles. The maximum atomic E-state index is 12.8. The van der Waals surface area contributed by atoms with Gasteiger partial charge in [0.15, 0.2) is 0 Å². The highest BCUT2D eigenvalue weighted by Crippen LogP contribution is 2.44. The maximum Gasteiger partial charge on any atom is 0.337 e. The van der Waals surface area contributed by atoms with Gasteiger partial charge in [0.1, 0.15) is 37.2 Å². The van der Waals surface area contributed by atoms with Crippen LogP contribution >= 0.6 is 0 Å². The van der Waals surface area contributed by atoms with Gasteiger partial charge in [-0.1, -0.05) is 35.5 Å². The third-order valence-electron chi connectivity index (χ3n) is 7.91. The van der Waals surface area contributed by atoms with Gasteiger partial charge in [-0.25, -0.2) is 9.78 Å². The van der Waals surface area contributed by atoms with E-state index in [1.165, 1.54) is 0 Å². The van der Waals surface area contributed by atoms with Crippen LogP contribution in [0.4, 0.5) is 5.82 Å². The Morgan fingerprint density at radius 3 is 2.32 bits per heavy atom. The zero-order chi connectivity index (χ0) is 23.9. The lowest BCUT2D eigenvalue weighted by atomic mass is 9.31. The molecular formula is C24H28B4N4O2. The summed E-state index contributed by atoms with van der Waals surface area (Å²) in [4.78, 5) is 24.6. The summed E-state index contributed by atoms with van der Waals surface area (Å²) < 4.78 is 8.09. The summed E-state index contributed by atoms with van der Waals surface area (Å²) in [6, 6.07) is 19.4. The van der Waals surface area contributed by atoms with Crippen molar-refractivity contribution in [1.82, 2.24) is 14.4 Å². The number of piperidine rings is 1. The van der Waals surface area contributed by atoms with Crippen LogP contribution in [0.3, 0.4) is 0 Å². The third-order valence-corrected chi connectivity index (χ3v) is 7.91. The average molecular weight is 448 g/mol. The summed E-state index contributed by atoms with van der Waals surface area (Å²) in [5.41, 5.74) is 2.62. The predicted octanol–water partition coefficient (Wildman–Crippen LogP) is 0.258. The summed E-state index contributed by atoms with van der Waals surface area (Å²) in [5.74, 6) is 1.87. The molecule has 6 nitrogen and oxygen atoms in total. The number of hydrogen-bond donors (Lipinski definition) is 0. The van der Waals surface area contributed by atoms with E-state index in [2.05, 4.69) is 43.9 Å². The van der Waals surface area contributed by atoms with Crippen LogP contribution in [0, 0.1) is 5.92 Å². The number of anilines is 1. The van der Waals surface area contributed by atoms with Crippen molar-refractivity contribution in [1.29, 1.82) is 0 Å². The van der Waals surface area contributed by atoms with Gasteiger partial charge in [-0.05, 0) is 49.1 Å². The molecule has 2 aromatic carbocycles. The van der Waals surface area contributed by atoms with E-state index < -0.39 is 5.40 Å². The first-order valence-electron chi connectivity index (χ1n) is 12.0. The van der Waals surface area contributed by atoms with Crippen molar-refractivity contribution in [3.8, 4) is 0 Å². The van der Waals surface area contributed by atoms with Gasteiger partial charge in [0.2, 0.25) is 5.78 Å². The minimum atomic E-state index is -0.597. The Hall–Kier alpha value is -3.15. The quantitative estimate of drug-likeness (QED) is 0.324. The van der Waals surface area contributed by atoms with Crippen LogP contribution in [0.1, 0.15) is 23.2 Å². The molecule has 1 fully saturated rings. The van der Waals surface area contributed by atoms with Gasteiger partial charge in [-0.3, -0.25) is 4.40 Å². The van der Waals surface area contributed by atoms with E-state index in [1.807, 2.05) is 56.5 Å². The monoisotopic (exact) mass is 448 g/mol. The minimum Gasteiger partial charge on any atom is -0.475 e. The van der Waals surface area contributed by atoms with Gasteiger partial charge in [0, 0.05) is 24.7 Å². The van der Waals surface area contributed by atoms with Gasteiger partial charge < -0.3 is 9.64 Å². The Bertz CT molecular complexity index is 1330. The number of esters is 1. The largest absolute Gasteiger partial charge is 0.475 e. The first kappa shape index (κ1) is 22.6. The number of nitrogens with zero attached hydrogens (tertiary/aromatic N) is 4. The molecule has 0 amide bonds. The Balaban J connectivity index is 1.28. The summed E-state index contributed by atoms with van der Waals surface area (Å²) in [7, 11) is 8.54. The molecule has 168 valence electrons. The van der Waals surface area contributed by atoms with Crippen LogP contribution in [0.2, 0.25) is 5.21 Å². The Labute approximate surface area is 203 Å². The molecule has 0 unspecified atom stereocenters. The molecule has 5 rings (SSSR count). The Morgan fingerprint density at radius 2 is 1.59 bits per heavy atom. The van der Waals surface area contributed by atoms with Gasteiger partial charge in [-0.2, -0.15) is 4.98 Å². The van der Waals surface area contributed by atoms with E-state index in [0.29, 0.717) is 11.5 Å². The summed E-state index contributed by atoms with van der Waals surface area (Å²) in [6.45, 7) is 1.83. The van der Waals surface area contributed by atoms with Gasteiger partial charge in [-0.15, -0.1) is 0 Å². The maximum absolute atomic E-state index is 12.8. The van der Waals surface area contributed by atoms with Crippen molar-refractivity contribution < 1.29 is 9.53 Å². The number of benzene rings is 2. The number of fused-ring (bicyclic) bond motifs is 3. The lowest BCUT2D eigenvalue weighted by molar-refractivity contribution is 0.0277. The lowest BCUT2D eigenvalue weighted by Crippen LogP contribution is -2.54. The van der Waals surface area contributed by atoms with E-state index in [9.17, 15) is 4.79 Å². The van der Waals surface area contributed by atoms with Crippen molar-refractivity contribution in [3.05, 3.63) is 72.4 Å². The highest BCUT2D eigenvalue weighted by molar-refractivity contribution is 6.54. The molecule has 2 aromatic heterocycles. The first-order valence-corrected chi connectivity index (χ1v) is 12.0. The van der Waals surface area contributed by atoms with Crippen LogP contribution in [-0.4, -0.2) is 70.2 Å². The number of ether oxygens (including phenoxy) is 1. The molecule has 0 N–H and O–H groups in total. The number of hydrogen-bond acceptors (Lipinski definition) is 5. The molecular weight excluding hydrogens is 420 g/mol. The highest BCUT2D eigenvalue weighted by atomic mass is 16.5. The van der Waals surface area contributed by atoms with Crippen molar-refractivity contribution in [2.45, 2.75) is 23.5 Å². The second kappa shape index (κ2) is 8.57. The number of carbonyl (C=O) groups is 1. The molecule has 0 spiro atoms. The van der Waals surface area contributed by atoms with Crippen molar-refractivity contribution >= 4 is 60.0 Å². The molecule has 34 heavy (non-hydrogen) atoms. The minimum absolute atomic E-state index is 0.179. The number of carbonyl (C=O) groups excluding carboxylic acids is 1. The fraction of sp³-hybridized carbons (Fsp3) is 0.292. The lowest BCUT2D eigenvalue weighted by Gasteiger charge is -2.50. The average Bonchev–Trinajstić information content (AvgIpc) is 3.22. The van der Waals surface area contributed by atoms with Crippen molar-refractivity contribution in [3.63, 3.8) is 0 Å². The van der Waals surface area contributed by atoms with Crippen molar-refractivity contribution in [2.75, 3.05) is 18.0 Å². The molecule has 0 saturated carbocycles.